The molecule has 0 heterocycles. The summed E-state index contributed by atoms with van der Waals surface area (Å²) in [6, 6.07) is 6.03. The summed E-state index contributed by atoms with van der Waals surface area (Å²) in [6.45, 7) is 5.04. The van der Waals surface area contributed by atoms with Crippen LogP contribution in [0.5, 0.6) is 0 Å². The Kier molecular flexibility index (Phi) is 4.30. The minimum Gasteiger partial charge on any atom is -0.371 e. The third-order valence-corrected chi connectivity index (χ3v) is 3.51. The van der Waals surface area contributed by atoms with E-state index in [1.165, 1.54) is 24.1 Å². The van der Waals surface area contributed by atoms with Gasteiger partial charge in [0.1, 0.15) is 0 Å². The molecule has 1 aliphatic rings. The van der Waals surface area contributed by atoms with Gasteiger partial charge >= 0.3 is 0 Å². The van der Waals surface area contributed by atoms with E-state index in [-0.39, 0.29) is 0 Å². The van der Waals surface area contributed by atoms with E-state index in [4.69, 9.17) is 17.3 Å². The maximum Gasteiger partial charge on any atom is 0.0426 e. The first-order chi connectivity index (χ1) is 8.24. The lowest BCUT2D eigenvalue weighted by Crippen LogP contribution is -2.28. The van der Waals surface area contributed by atoms with E-state index < -0.39 is 0 Å². The molecule has 2 nitrogen and oxygen atoms in total. The molecule has 1 fully saturated rings. The second kappa shape index (κ2) is 5.74. The first-order valence-corrected chi connectivity index (χ1v) is 6.85. The van der Waals surface area contributed by atoms with Crippen LogP contribution in [0.1, 0.15) is 31.7 Å². The Balaban J connectivity index is 2.22. The number of nitrogens with zero attached hydrogens (tertiary/aromatic N) is 1. The summed E-state index contributed by atoms with van der Waals surface area (Å²) in [5.74, 6) is 0.881. The molecular weight excluding hydrogens is 232 g/mol. The number of halogens is 1. The van der Waals surface area contributed by atoms with E-state index in [0.29, 0.717) is 6.54 Å². The van der Waals surface area contributed by atoms with Crippen molar-refractivity contribution in [2.45, 2.75) is 32.7 Å². The van der Waals surface area contributed by atoms with E-state index in [0.717, 1.165) is 30.5 Å². The zero-order chi connectivity index (χ0) is 12.3. The smallest absolute Gasteiger partial charge is 0.0426 e. The molecule has 0 saturated heterocycles. The molecule has 0 spiro atoms. The van der Waals surface area contributed by atoms with Gasteiger partial charge in [-0.15, -0.1) is 0 Å². The van der Waals surface area contributed by atoms with Gasteiger partial charge in [0.15, 0.2) is 0 Å². The molecule has 0 unspecified atom stereocenters. The highest BCUT2D eigenvalue weighted by molar-refractivity contribution is 6.30. The van der Waals surface area contributed by atoms with E-state index in [1.807, 2.05) is 12.1 Å². The Morgan fingerprint density at radius 2 is 2.18 bits per heavy atom. The van der Waals surface area contributed by atoms with Crippen LogP contribution < -0.4 is 10.6 Å². The molecule has 1 aromatic rings. The van der Waals surface area contributed by atoms with Crippen LogP contribution in [0.4, 0.5) is 5.69 Å². The molecule has 1 aliphatic carbocycles. The van der Waals surface area contributed by atoms with Gasteiger partial charge < -0.3 is 10.6 Å². The summed E-state index contributed by atoms with van der Waals surface area (Å²) in [6.07, 6.45) is 3.90. The molecule has 0 aromatic heterocycles. The third kappa shape index (κ3) is 3.36. The molecule has 0 radical (unpaired) electrons. The number of rotatable bonds is 6. The first-order valence-electron chi connectivity index (χ1n) is 6.48. The highest BCUT2D eigenvalue weighted by Gasteiger charge is 2.25. The summed E-state index contributed by atoms with van der Waals surface area (Å²) in [5, 5.41) is 0.800. The van der Waals surface area contributed by atoms with Crippen LogP contribution in [0.3, 0.4) is 0 Å². The molecule has 1 saturated carbocycles. The third-order valence-electron chi connectivity index (χ3n) is 3.28. The lowest BCUT2D eigenvalue weighted by atomic mass is 10.1. The van der Waals surface area contributed by atoms with Crippen LogP contribution in [0, 0.1) is 5.92 Å². The van der Waals surface area contributed by atoms with Crippen molar-refractivity contribution in [2.24, 2.45) is 11.7 Å². The van der Waals surface area contributed by atoms with Crippen molar-refractivity contribution in [3.05, 3.63) is 28.8 Å². The Labute approximate surface area is 109 Å². The SMILES string of the molecule is CCCN(CC1CC1)c1cc(Cl)ccc1CN. The molecule has 0 bridgehead atoms. The fourth-order valence-corrected chi connectivity index (χ4v) is 2.36. The molecule has 0 atom stereocenters. The van der Waals surface area contributed by atoms with Gasteiger partial charge in [0.05, 0.1) is 0 Å². The Bertz CT molecular complexity index is 374. The number of benzene rings is 1. The Morgan fingerprint density at radius 3 is 2.76 bits per heavy atom. The standard InChI is InChI=1S/C14H21ClN2/c1-2-7-17(10-11-3-4-11)14-8-13(15)6-5-12(14)9-16/h5-6,8,11H,2-4,7,9-10,16H2,1H3. The largest absolute Gasteiger partial charge is 0.371 e. The van der Waals surface area contributed by atoms with Gasteiger partial charge in [-0.05, 0) is 42.9 Å². The first kappa shape index (κ1) is 12.7. The van der Waals surface area contributed by atoms with Crippen molar-refractivity contribution in [3.8, 4) is 0 Å². The predicted octanol–water partition coefficient (Wildman–Crippen LogP) is 3.43. The highest BCUT2D eigenvalue weighted by Crippen LogP contribution is 2.33. The Hall–Kier alpha value is -0.730. The van der Waals surface area contributed by atoms with Crippen LogP contribution in [-0.2, 0) is 6.54 Å². The second-order valence-corrected chi connectivity index (χ2v) is 5.30. The topological polar surface area (TPSA) is 29.3 Å². The van der Waals surface area contributed by atoms with Crippen molar-refractivity contribution in [3.63, 3.8) is 0 Å². The van der Waals surface area contributed by atoms with Crippen LogP contribution >= 0.6 is 11.6 Å². The second-order valence-electron chi connectivity index (χ2n) is 4.87. The van der Waals surface area contributed by atoms with Crippen molar-refractivity contribution in [1.29, 1.82) is 0 Å². The number of anilines is 1. The van der Waals surface area contributed by atoms with Gasteiger partial charge in [-0.25, -0.2) is 0 Å². The van der Waals surface area contributed by atoms with Crippen molar-refractivity contribution < 1.29 is 0 Å². The monoisotopic (exact) mass is 252 g/mol. The average molecular weight is 253 g/mol. The molecule has 0 amide bonds. The van der Waals surface area contributed by atoms with Gasteiger partial charge in [0, 0.05) is 30.3 Å². The molecule has 17 heavy (non-hydrogen) atoms. The quantitative estimate of drug-likeness (QED) is 0.841. The molecule has 2 rings (SSSR count). The minimum atomic E-state index is 0.581. The van der Waals surface area contributed by atoms with E-state index in [1.54, 1.807) is 0 Å². The van der Waals surface area contributed by atoms with E-state index in [2.05, 4.69) is 17.9 Å². The summed E-state index contributed by atoms with van der Waals surface area (Å²) in [4.78, 5) is 2.45. The lowest BCUT2D eigenvalue weighted by Gasteiger charge is -2.27. The van der Waals surface area contributed by atoms with Crippen molar-refractivity contribution >= 4 is 17.3 Å². The fraction of sp³-hybridized carbons (Fsp3) is 0.571. The van der Waals surface area contributed by atoms with Crippen LogP contribution in [0.15, 0.2) is 18.2 Å². The average Bonchev–Trinajstić information content (AvgIpc) is 3.12. The normalized spacial score (nSPS) is 15.0. The Morgan fingerprint density at radius 1 is 1.41 bits per heavy atom. The highest BCUT2D eigenvalue weighted by atomic mass is 35.5. The van der Waals surface area contributed by atoms with Gasteiger partial charge in [-0.3, -0.25) is 0 Å². The number of nitrogens with two attached hydrogens (primary N) is 1. The van der Waals surface area contributed by atoms with Crippen molar-refractivity contribution in [1.82, 2.24) is 0 Å². The summed E-state index contributed by atoms with van der Waals surface area (Å²) < 4.78 is 0. The number of hydrogen-bond acceptors (Lipinski definition) is 2. The van der Waals surface area contributed by atoms with Gasteiger partial charge in [0.2, 0.25) is 0 Å². The fourth-order valence-electron chi connectivity index (χ4n) is 2.20. The molecule has 1 aromatic carbocycles. The zero-order valence-corrected chi connectivity index (χ0v) is 11.2. The molecule has 2 N–H and O–H groups in total. The van der Waals surface area contributed by atoms with Crippen LogP contribution in [0.25, 0.3) is 0 Å². The minimum absolute atomic E-state index is 0.581. The molecule has 94 valence electrons. The molecule has 3 heteroatoms. The van der Waals surface area contributed by atoms with E-state index in [9.17, 15) is 0 Å². The maximum absolute atomic E-state index is 6.10. The lowest BCUT2D eigenvalue weighted by molar-refractivity contribution is 0.704. The summed E-state index contributed by atoms with van der Waals surface area (Å²) in [5.41, 5.74) is 8.24. The molecular formula is C14H21ClN2. The summed E-state index contributed by atoms with van der Waals surface area (Å²) in [7, 11) is 0. The van der Waals surface area contributed by atoms with Gasteiger partial charge in [0.25, 0.3) is 0 Å². The van der Waals surface area contributed by atoms with Crippen molar-refractivity contribution in [2.75, 3.05) is 18.0 Å². The van der Waals surface area contributed by atoms with E-state index >= 15 is 0 Å². The maximum atomic E-state index is 6.10. The number of hydrogen-bond donors (Lipinski definition) is 1. The summed E-state index contributed by atoms with van der Waals surface area (Å²) >= 11 is 6.10. The van der Waals surface area contributed by atoms with Gasteiger partial charge in [-0.2, -0.15) is 0 Å². The molecule has 0 aliphatic heterocycles. The van der Waals surface area contributed by atoms with Crippen LogP contribution in [0.2, 0.25) is 5.02 Å². The zero-order valence-electron chi connectivity index (χ0n) is 10.5. The van der Waals surface area contributed by atoms with Gasteiger partial charge in [-0.1, -0.05) is 24.6 Å². The predicted molar refractivity (Wildman–Crippen MR) is 74.6 cm³/mol. The van der Waals surface area contributed by atoms with Crippen LogP contribution in [-0.4, -0.2) is 13.1 Å².